The minimum Gasteiger partial charge on any atom is -0.499 e. The van der Waals surface area contributed by atoms with Gasteiger partial charge in [-0.3, -0.25) is 9.78 Å². The normalized spacial score (nSPS) is 12.2. The summed E-state index contributed by atoms with van der Waals surface area (Å²) in [5.74, 6) is -0.908. The van der Waals surface area contributed by atoms with E-state index in [1.165, 1.54) is 12.3 Å². The first-order chi connectivity index (χ1) is 15.5. The van der Waals surface area contributed by atoms with Crippen LogP contribution in [0.5, 0.6) is 0 Å². The van der Waals surface area contributed by atoms with Gasteiger partial charge in [-0.1, -0.05) is 26.5 Å². The molecule has 0 saturated heterocycles. The maximum absolute atomic E-state index is 14.2. The van der Waals surface area contributed by atoms with Crippen molar-refractivity contribution in [1.29, 1.82) is 0 Å². The van der Waals surface area contributed by atoms with Gasteiger partial charge < -0.3 is 25.5 Å². The van der Waals surface area contributed by atoms with Crippen LogP contribution in [-0.4, -0.2) is 33.8 Å². The average molecular weight is 443 g/mol. The molecule has 1 aliphatic rings. The van der Waals surface area contributed by atoms with Gasteiger partial charge in [0.2, 0.25) is 0 Å². The van der Waals surface area contributed by atoms with Crippen LogP contribution >= 0.6 is 0 Å². The fourth-order valence-electron chi connectivity index (χ4n) is 3.23. The zero-order valence-electron chi connectivity index (χ0n) is 18.8. The van der Waals surface area contributed by atoms with Gasteiger partial charge in [0.25, 0.3) is 5.91 Å². The minimum atomic E-state index is -0.534. The lowest BCUT2D eigenvalue weighted by Gasteiger charge is -2.11. The van der Waals surface area contributed by atoms with Crippen LogP contribution < -0.4 is 11.1 Å². The summed E-state index contributed by atoms with van der Waals surface area (Å²) in [5.41, 5.74) is 8.56. The summed E-state index contributed by atoms with van der Waals surface area (Å²) in [7, 11) is 0. The largest absolute Gasteiger partial charge is 0.499 e. The molecular weight excluding hydrogens is 411 g/mol. The number of carbonyl (C=O) groups excluding carboxylic acids is 1. The number of fused-ring (bicyclic) bond motifs is 1. The molecular formula is C24H31FN4O3. The second kappa shape index (κ2) is 11.9. The van der Waals surface area contributed by atoms with E-state index in [0.29, 0.717) is 23.7 Å². The molecule has 172 valence electrons. The molecule has 0 aliphatic heterocycles. The molecule has 1 aliphatic carbocycles. The number of carbonyl (C=O) groups is 1. The van der Waals surface area contributed by atoms with Gasteiger partial charge in [-0.15, -0.1) is 0 Å². The van der Waals surface area contributed by atoms with Crippen LogP contribution in [0.4, 0.5) is 15.8 Å². The number of nitrogens with two attached hydrogens (primary N) is 1. The minimum absolute atomic E-state index is 0.0615. The number of benzene rings is 1. The quantitative estimate of drug-likeness (QED) is 0.359. The SMILES string of the molecule is C=COCCO.CC.Cc1ccc(Nc2c(C(N)=O)n(C3CC3)c3ccncc23)c(F)c1. The molecule has 0 unspecified atom stereocenters. The third-order valence-electron chi connectivity index (χ3n) is 4.66. The van der Waals surface area contributed by atoms with Crippen molar-refractivity contribution in [2.75, 3.05) is 18.5 Å². The Morgan fingerprint density at radius 1 is 1.41 bits per heavy atom. The van der Waals surface area contributed by atoms with Gasteiger partial charge in [0.15, 0.2) is 0 Å². The number of anilines is 2. The summed E-state index contributed by atoms with van der Waals surface area (Å²) in [4.78, 5) is 16.3. The van der Waals surface area contributed by atoms with Crippen molar-refractivity contribution < 1.29 is 19.0 Å². The molecule has 2 aromatic heterocycles. The van der Waals surface area contributed by atoms with Crippen LogP contribution in [0.25, 0.3) is 10.9 Å². The molecule has 4 rings (SSSR count). The maximum atomic E-state index is 14.2. The van der Waals surface area contributed by atoms with E-state index in [9.17, 15) is 9.18 Å². The third-order valence-corrected chi connectivity index (χ3v) is 4.66. The molecule has 8 heteroatoms. The molecule has 0 bridgehead atoms. The number of rotatable bonds is 7. The van der Waals surface area contributed by atoms with Crippen LogP contribution in [-0.2, 0) is 4.74 Å². The maximum Gasteiger partial charge on any atom is 0.267 e. The number of primary amides is 1. The van der Waals surface area contributed by atoms with Crippen molar-refractivity contribution in [1.82, 2.24) is 9.55 Å². The Bertz CT molecular complexity index is 1060. The van der Waals surface area contributed by atoms with Gasteiger partial charge in [0.1, 0.15) is 18.1 Å². The van der Waals surface area contributed by atoms with Crippen molar-refractivity contribution in [3.63, 3.8) is 0 Å². The van der Waals surface area contributed by atoms with Crippen molar-refractivity contribution in [2.24, 2.45) is 5.73 Å². The second-order valence-corrected chi connectivity index (χ2v) is 6.95. The number of aliphatic hydroxyl groups is 1. The highest BCUT2D eigenvalue weighted by Gasteiger charge is 2.32. The highest BCUT2D eigenvalue weighted by molar-refractivity contribution is 6.09. The predicted molar refractivity (Wildman–Crippen MR) is 126 cm³/mol. The molecule has 32 heavy (non-hydrogen) atoms. The summed E-state index contributed by atoms with van der Waals surface area (Å²) in [6.07, 6.45) is 6.67. The third kappa shape index (κ3) is 5.85. The van der Waals surface area contributed by atoms with Gasteiger partial charge in [0.05, 0.1) is 29.8 Å². The van der Waals surface area contributed by atoms with E-state index in [1.54, 1.807) is 18.5 Å². The Balaban J connectivity index is 0.000000396. The number of hydrogen-bond donors (Lipinski definition) is 3. The Morgan fingerprint density at radius 3 is 2.66 bits per heavy atom. The van der Waals surface area contributed by atoms with E-state index >= 15 is 0 Å². The lowest BCUT2D eigenvalue weighted by molar-refractivity contribution is 0.0992. The number of aromatic nitrogens is 2. The number of nitrogens with zero attached hydrogens (tertiary/aromatic N) is 2. The van der Waals surface area contributed by atoms with Crippen molar-refractivity contribution in [3.05, 3.63) is 66.6 Å². The van der Waals surface area contributed by atoms with Crippen LogP contribution in [0.2, 0.25) is 0 Å². The number of nitrogens with one attached hydrogen (secondary N) is 1. The first-order valence-electron chi connectivity index (χ1n) is 10.6. The van der Waals surface area contributed by atoms with E-state index in [4.69, 9.17) is 10.8 Å². The summed E-state index contributed by atoms with van der Waals surface area (Å²) in [6, 6.07) is 7.04. The predicted octanol–water partition coefficient (Wildman–Crippen LogP) is 4.83. The van der Waals surface area contributed by atoms with Crippen molar-refractivity contribution in [3.8, 4) is 0 Å². The van der Waals surface area contributed by atoms with E-state index < -0.39 is 5.91 Å². The van der Waals surface area contributed by atoms with Gasteiger partial charge in [0, 0.05) is 23.8 Å². The highest BCUT2D eigenvalue weighted by Crippen LogP contribution is 2.43. The highest BCUT2D eigenvalue weighted by atomic mass is 19.1. The molecule has 0 atom stereocenters. The molecule has 7 nitrogen and oxygen atoms in total. The van der Waals surface area contributed by atoms with E-state index in [2.05, 4.69) is 21.6 Å². The van der Waals surface area contributed by atoms with Gasteiger partial charge in [-0.2, -0.15) is 0 Å². The van der Waals surface area contributed by atoms with Crippen LogP contribution in [0.15, 0.2) is 49.5 Å². The summed E-state index contributed by atoms with van der Waals surface area (Å²) in [5, 5.41) is 11.8. The van der Waals surface area contributed by atoms with E-state index in [1.807, 2.05) is 37.5 Å². The number of aryl methyl sites for hydroxylation is 1. The first kappa shape index (κ1) is 24.9. The zero-order chi connectivity index (χ0) is 23.7. The monoisotopic (exact) mass is 442 g/mol. The molecule has 1 fully saturated rings. The summed E-state index contributed by atoms with van der Waals surface area (Å²) in [6.45, 7) is 9.50. The molecule has 2 heterocycles. The van der Waals surface area contributed by atoms with Crippen LogP contribution in [0, 0.1) is 12.7 Å². The summed E-state index contributed by atoms with van der Waals surface area (Å²) >= 11 is 0. The van der Waals surface area contributed by atoms with Crippen molar-refractivity contribution in [2.45, 2.75) is 39.7 Å². The zero-order valence-corrected chi connectivity index (χ0v) is 18.8. The van der Waals surface area contributed by atoms with Gasteiger partial charge in [-0.25, -0.2) is 4.39 Å². The molecule has 0 radical (unpaired) electrons. The van der Waals surface area contributed by atoms with Crippen molar-refractivity contribution >= 4 is 28.2 Å². The van der Waals surface area contributed by atoms with Crippen LogP contribution in [0.3, 0.4) is 0 Å². The molecule has 1 amide bonds. The Hall–Kier alpha value is -3.39. The number of ether oxygens (including phenoxy) is 1. The Kier molecular flexibility index (Phi) is 9.22. The molecule has 3 aromatic rings. The standard InChI is InChI=1S/C18H17FN4O.C4H8O2.C2H6/c1-10-2-5-14(13(19)8-10)22-16-12-9-21-7-6-15(12)23(11-3-4-11)17(16)18(20)24;1-2-6-4-3-5;1-2/h2,5-9,11,22H,3-4H2,1H3,(H2,20,24);2,5H,1,3-4H2;1-2H3. The molecule has 1 aromatic carbocycles. The Labute approximate surface area is 187 Å². The number of pyridine rings is 1. The topological polar surface area (TPSA) is 102 Å². The van der Waals surface area contributed by atoms with Gasteiger partial charge >= 0.3 is 0 Å². The number of amides is 1. The number of hydrogen-bond acceptors (Lipinski definition) is 5. The fraction of sp³-hybridized carbons (Fsp3) is 0.333. The number of halogens is 1. The molecule has 4 N–H and O–H groups in total. The fourth-order valence-corrected chi connectivity index (χ4v) is 3.23. The number of aliphatic hydroxyl groups excluding tert-OH is 1. The molecule has 0 spiro atoms. The average Bonchev–Trinajstić information content (AvgIpc) is 3.58. The smallest absolute Gasteiger partial charge is 0.267 e. The van der Waals surface area contributed by atoms with Crippen LogP contribution in [0.1, 0.15) is 48.8 Å². The van der Waals surface area contributed by atoms with Gasteiger partial charge in [-0.05, 0) is 43.5 Å². The lowest BCUT2D eigenvalue weighted by Crippen LogP contribution is -2.18. The Morgan fingerprint density at radius 2 is 2.12 bits per heavy atom. The van der Waals surface area contributed by atoms with E-state index in [-0.39, 0.29) is 18.5 Å². The first-order valence-corrected chi connectivity index (χ1v) is 10.6. The molecule has 1 saturated carbocycles. The van der Waals surface area contributed by atoms with E-state index in [0.717, 1.165) is 29.3 Å². The second-order valence-electron chi connectivity index (χ2n) is 6.95. The lowest BCUT2D eigenvalue weighted by atomic mass is 10.2. The summed E-state index contributed by atoms with van der Waals surface area (Å²) < 4.78 is 20.7.